The maximum absolute atomic E-state index is 11.0. The molecule has 0 radical (unpaired) electrons. The number of aliphatic hydroxyl groups is 1. The third kappa shape index (κ3) is 3.40. The lowest BCUT2D eigenvalue weighted by atomic mass is 10.3. The molecule has 1 heterocycles. The second-order valence-electron chi connectivity index (χ2n) is 2.98. The van der Waals surface area contributed by atoms with Crippen LogP contribution < -0.4 is 10.3 Å². The Hall–Kier alpha value is -1.00. The highest BCUT2D eigenvalue weighted by molar-refractivity contribution is 6.18. The third-order valence-corrected chi connectivity index (χ3v) is 1.93. The van der Waals surface area contributed by atoms with E-state index in [2.05, 4.69) is 4.98 Å². The summed E-state index contributed by atoms with van der Waals surface area (Å²) in [5, 5.41) is 9.11. The summed E-state index contributed by atoms with van der Waals surface area (Å²) < 4.78 is 5.17. The molecule has 0 saturated heterocycles. The SMILES string of the molecule is Cc1cc(OCC(O)CCl)cc(=O)[nH]1. The topological polar surface area (TPSA) is 62.3 Å². The van der Waals surface area contributed by atoms with E-state index in [1.165, 1.54) is 6.07 Å². The fourth-order valence-corrected chi connectivity index (χ4v) is 1.06. The minimum atomic E-state index is -0.712. The summed E-state index contributed by atoms with van der Waals surface area (Å²) in [7, 11) is 0. The Kier molecular flexibility index (Phi) is 3.98. The predicted octanol–water partition coefficient (Wildman–Crippen LogP) is 0.662. The Bertz CT molecular complexity index is 350. The molecule has 1 atom stereocenters. The number of aliphatic hydroxyl groups excluding tert-OH is 1. The molecular weight excluding hydrogens is 206 g/mol. The van der Waals surface area contributed by atoms with Crippen molar-refractivity contribution in [2.75, 3.05) is 12.5 Å². The van der Waals surface area contributed by atoms with Gasteiger partial charge in [0, 0.05) is 11.8 Å². The second kappa shape index (κ2) is 5.02. The number of hydrogen-bond acceptors (Lipinski definition) is 3. The summed E-state index contributed by atoms with van der Waals surface area (Å²) in [5.74, 6) is 0.553. The van der Waals surface area contributed by atoms with Crippen LogP contribution in [0, 0.1) is 6.92 Å². The van der Waals surface area contributed by atoms with Crippen molar-refractivity contribution in [1.29, 1.82) is 0 Å². The number of nitrogens with one attached hydrogen (secondary N) is 1. The van der Waals surface area contributed by atoms with Gasteiger partial charge in [-0.25, -0.2) is 0 Å². The number of rotatable bonds is 4. The van der Waals surface area contributed by atoms with Gasteiger partial charge in [-0.15, -0.1) is 11.6 Å². The quantitative estimate of drug-likeness (QED) is 0.729. The number of halogens is 1. The van der Waals surface area contributed by atoms with Crippen molar-refractivity contribution in [2.24, 2.45) is 0 Å². The fraction of sp³-hybridized carbons (Fsp3) is 0.444. The van der Waals surface area contributed by atoms with Crippen LogP contribution in [0.4, 0.5) is 0 Å². The maximum atomic E-state index is 11.0. The highest BCUT2D eigenvalue weighted by Gasteiger charge is 2.03. The molecule has 0 saturated carbocycles. The molecule has 1 rings (SSSR count). The van der Waals surface area contributed by atoms with Crippen molar-refractivity contribution >= 4 is 11.6 Å². The van der Waals surface area contributed by atoms with Crippen LogP contribution in [0.2, 0.25) is 0 Å². The van der Waals surface area contributed by atoms with Gasteiger partial charge in [0.05, 0.1) is 5.88 Å². The van der Waals surface area contributed by atoms with Gasteiger partial charge in [0.25, 0.3) is 5.56 Å². The van der Waals surface area contributed by atoms with Crippen LogP contribution in [0.25, 0.3) is 0 Å². The van der Waals surface area contributed by atoms with Gasteiger partial charge in [0.1, 0.15) is 18.5 Å². The molecule has 0 amide bonds. The molecule has 0 aliphatic heterocycles. The monoisotopic (exact) mass is 217 g/mol. The first-order chi connectivity index (χ1) is 6.61. The maximum Gasteiger partial charge on any atom is 0.251 e. The molecule has 5 heteroatoms. The summed E-state index contributed by atoms with van der Waals surface area (Å²) in [4.78, 5) is 13.6. The van der Waals surface area contributed by atoms with Crippen molar-refractivity contribution in [3.63, 3.8) is 0 Å². The molecule has 0 bridgehead atoms. The summed E-state index contributed by atoms with van der Waals surface area (Å²) in [5.41, 5.74) is 0.494. The standard InChI is InChI=1S/C9H12ClNO3/c1-6-2-8(3-9(13)11-6)14-5-7(12)4-10/h2-3,7,12H,4-5H2,1H3,(H,11,13). The van der Waals surface area contributed by atoms with E-state index in [1.54, 1.807) is 13.0 Å². The van der Waals surface area contributed by atoms with Crippen LogP contribution in [-0.4, -0.2) is 28.7 Å². The number of pyridine rings is 1. The number of hydrogen-bond donors (Lipinski definition) is 2. The Labute approximate surface area is 86.5 Å². The highest BCUT2D eigenvalue weighted by Crippen LogP contribution is 2.08. The van der Waals surface area contributed by atoms with Gasteiger partial charge in [0.2, 0.25) is 0 Å². The zero-order valence-corrected chi connectivity index (χ0v) is 8.54. The van der Waals surface area contributed by atoms with Crippen LogP contribution >= 0.6 is 11.6 Å². The van der Waals surface area contributed by atoms with E-state index in [9.17, 15) is 4.79 Å². The first-order valence-corrected chi connectivity index (χ1v) is 4.73. The van der Waals surface area contributed by atoms with Gasteiger partial charge in [-0.1, -0.05) is 0 Å². The number of aromatic amines is 1. The summed E-state index contributed by atoms with van der Waals surface area (Å²) in [6, 6.07) is 3.01. The van der Waals surface area contributed by atoms with Crippen LogP contribution in [0.15, 0.2) is 16.9 Å². The molecule has 1 aromatic rings. The lowest BCUT2D eigenvalue weighted by Crippen LogP contribution is -2.19. The van der Waals surface area contributed by atoms with Crippen molar-refractivity contribution in [3.8, 4) is 5.75 Å². The van der Waals surface area contributed by atoms with Crippen molar-refractivity contribution in [2.45, 2.75) is 13.0 Å². The largest absolute Gasteiger partial charge is 0.491 e. The minimum Gasteiger partial charge on any atom is -0.491 e. The molecule has 78 valence electrons. The van der Waals surface area contributed by atoms with Crippen molar-refractivity contribution in [3.05, 3.63) is 28.2 Å². The molecule has 2 N–H and O–H groups in total. The lowest BCUT2D eigenvalue weighted by molar-refractivity contribution is 0.125. The van der Waals surface area contributed by atoms with Gasteiger partial charge in [0.15, 0.2) is 0 Å². The summed E-state index contributed by atoms with van der Waals surface area (Å²) in [6.07, 6.45) is -0.712. The molecule has 1 unspecified atom stereocenters. The van der Waals surface area contributed by atoms with E-state index in [4.69, 9.17) is 21.4 Å². The molecule has 0 aromatic carbocycles. The third-order valence-electron chi connectivity index (χ3n) is 1.57. The van der Waals surface area contributed by atoms with E-state index in [1.807, 2.05) is 0 Å². The van der Waals surface area contributed by atoms with Crippen molar-refractivity contribution < 1.29 is 9.84 Å². The molecule has 0 aliphatic rings. The molecule has 14 heavy (non-hydrogen) atoms. The van der Waals surface area contributed by atoms with Crippen LogP contribution in [0.5, 0.6) is 5.75 Å². The predicted molar refractivity (Wildman–Crippen MR) is 54.0 cm³/mol. The number of H-pyrrole nitrogens is 1. The zero-order valence-electron chi connectivity index (χ0n) is 7.79. The van der Waals surface area contributed by atoms with E-state index in [0.717, 1.165) is 0 Å². The zero-order chi connectivity index (χ0) is 10.6. The van der Waals surface area contributed by atoms with Gasteiger partial charge >= 0.3 is 0 Å². The molecular formula is C9H12ClNO3. The average Bonchev–Trinajstić information content (AvgIpc) is 2.12. The van der Waals surface area contributed by atoms with Crippen LogP contribution in [-0.2, 0) is 0 Å². The van der Waals surface area contributed by atoms with Gasteiger partial charge in [-0.05, 0) is 13.0 Å². The summed E-state index contributed by atoms with van der Waals surface area (Å²) in [6.45, 7) is 1.85. The van der Waals surface area contributed by atoms with Crippen LogP contribution in [0.1, 0.15) is 5.69 Å². The van der Waals surface area contributed by atoms with E-state index in [-0.39, 0.29) is 18.0 Å². The average molecular weight is 218 g/mol. The smallest absolute Gasteiger partial charge is 0.251 e. The summed E-state index contributed by atoms with van der Waals surface area (Å²) >= 11 is 5.38. The Morgan fingerprint density at radius 3 is 2.93 bits per heavy atom. The fourth-order valence-electron chi connectivity index (χ4n) is 0.971. The number of aryl methyl sites for hydroxylation is 1. The molecule has 4 nitrogen and oxygen atoms in total. The van der Waals surface area contributed by atoms with E-state index in [0.29, 0.717) is 11.4 Å². The Morgan fingerprint density at radius 2 is 2.36 bits per heavy atom. The first kappa shape index (κ1) is 11.1. The van der Waals surface area contributed by atoms with Gasteiger partial charge in [-0.2, -0.15) is 0 Å². The van der Waals surface area contributed by atoms with Crippen LogP contribution in [0.3, 0.4) is 0 Å². The van der Waals surface area contributed by atoms with Crippen molar-refractivity contribution in [1.82, 2.24) is 4.98 Å². The van der Waals surface area contributed by atoms with Gasteiger partial charge < -0.3 is 14.8 Å². The van der Waals surface area contributed by atoms with E-state index >= 15 is 0 Å². The Morgan fingerprint density at radius 1 is 1.64 bits per heavy atom. The number of ether oxygens (including phenoxy) is 1. The molecule has 1 aromatic heterocycles. The normalized spacial score (nSPS) is 12.5. The molecule has 0 aliphatic carbocycles. The number of aromatic nitrogens is 1. The van der Waals surface area contributed by atoms with Gasteiger partial charge in [-0.3, -0.25) is 4.79 Å². The van der Waals surface area contributed by atoms with E-state index < -0.39 is 6.10 Å². The minimum absolute atomic E-state index is 0.0897. The second-order valence-corrected chi connectivity index (χ2v) is 3.29. The number of alkyl halides is 1. The Balaban J connectivity index is 2.63. The lowest BCUT2D eigenvalue weighted by Gasteiger charge is -2.09. The highest BCUT2D eigenvalue weighted by atomic mass is 35.5. The molecule has 0 fully saturated rings. The first-order valence-electron chi connectivity index (χ1n) is 4.19. The molecule has 0 spiro atoms.